The fourth-order valence-corrected chi connectivity index (χ4v) is 22.0. The van der Waals surface area contributed by atoms with Crippen LogP contribution in [0.25, 0.3) is 76.8 Å². The van der Waals surface area contributed by atoms with Crippen LogP contribution in [0, 0.1) is 0 Å². The summed E-state index contributed by atoms with van der Waals surface area (Å²) in [7, 11) is 0.905. The molecule has 0 spiro atoms. The zero-order chi connectivity index (χ0) is 64.2. The summed E-state index contributed by atoms with van der Waals surface area (Å²) >= 11 is 0. The highest BCUT2D eigenvalue weighted by Crippen LogP contribution is 2.57. The number of benzene rings is 15. The largest absolute Gasteiger partial charge is 0.384 e. The molecule has 1 N–H and O–H groups in total. The van der Waals surface area contributed by atoms with Crippen molar-refractivity contribution in [2.24, 2.45) is 0 Å². The predicted molar refractivity (Wildman–Crippen MR) is 430 cm³/mol. The highest BCUT2D eigenvalue weighted by Gasteiger charge is 2.57. The highest BCUT2D eigenvalue weighted by atomic mass is 15.2. The van der Waals surface area contributed by atoms with Crippen molar-refractivity contribution in [1.82, 2.24) is 0 Å². The summed E-state index contributed by atoms with van der Waals surface area (Å²) in [5.74, 6) is 0. The van der Waals surface area contributed by atoms with Crippen LogP contribution in [0.5, 0.6) is 0 Å². The summed E-state index contributed by atoms with van der Waals surface area (Å²) in [4.78, 5) is 14.2. The van der Waals surface area contributed by atoms with Gasteiger partial charge in [-0.15, -0.1) is 0 Å². The van der Waals surface area contributed by atoms with Crippen LogP contribution in [0.3, 0.4) is 0 Å². The molecule has 12 heteroatoms. The zero-order valence-electron chi connectivity index (χ0n) is 54.6. The molecule has 26 rings (SSSR count). The van der Waals surface area contributed by atoms with E-state index in [4.69, 9.17) is 0 Å². The van der Waals surface area contributed by atoms with E-state index in [0.29, 0.717) is 0 Å². The van der Waals surface area contributed by atoms with Gasteiger partial charge in [-0.2, -0.15) is 0 Å². The van der Waals surface area contributed by atoms with E-state index in [0.717, 1.165) is 33.1 Å². The molecule has 0 fully saturated rings. The molecule has 454 valence electrons. The topological polar surface area (TPSA) is 28.2 Å². The molecule has 0 amide bonds. The molecule has 0 radical (unpaired) electrons. The van der Waals surface area contributed by atoms with E-state index in [1.54, 1.807) is 5.46 Å². The monoisotopic (exact) mass is 1260 g/mol. The minimum Gasteiger partial charge on any atom is -0.384 e. The molecule has 15 aromatic rings. The Hall–Kier alpha value is -11.7. The Bertz CT molecular complexity index is 6390. The third-order valence-electron chi connectivity index (χ3n) is 25.6. The maximum absolute atomic E-state index is 4.51. The second-order valence-corrected chi connectivity index (χ2v) is 29.9. The first-order chi connectivity index (χ1) is 49.7. The number of fused-ring (bicyclic) bond motifs is 23. The van der Waals surface area contributed by atoms with Gasteiger partial charge in [0, 0.05) is 121 Å². The molecule has 6 nitrogen and oxygen atoms in total. The normalized spacial score (nSPS) is 15.6. The summed E-state index contributed by atoms with van der Waals surface area (Å²) in [6.07, 6.45) is 3.49. The molecule has 11 heterocycles. The molecular weight excluding hydrogens is 1210 g/mol. The second kappa shape index (κ2) is 18.3. The molecule has 0 saturated carbocycles. The minimum atomic E-state index is -0.0419. The standard InChI is InChI=1S/C88H54B6N6/c1-5-19-49(20-6-1)53-33-37-67-60(41-53)91-47-96-46-90-58-28-14-17-31-65(58)98-48-92-61-42-54(50-21-7-2-8-22-50)34-38-68(61)99-69-39-35-55(51-23-9-3-10-24-51)43-62(69)93-57-27-13-16-30-64(57)95-83-72-71-74(78(90)86(98)75(72)79(92)87(99)81(83)93)84(96)76-73-77(71)89-45-97-66-32-18-15-29-59(66)94-63-44-56(52-25-11-4-12-26-52)36-40-70(63)100(67)88(80(76)91)82(94)85(73)97/h1-44,89,95H,45-48H2. The van der Waals surface area contributed by atoms with Crippen LogP contribution >= 0.6 is 0 Å². The summed E-state index contributed by atoms with van der Waals surface area (Å²) in [5, 5.41) is 13.3. The quantitative estimate of drug-likeness (QED) is 0.107. The zero-order valence-corrected chi connectivity index (χ0v) is 54.6. The van der Waals surface area contributed by atoms with Crippen LogP contribution in [0.1, 0.15) is 0 Å². The Balaban J connectivity index is 0.869. The number of para-hydroxylation sites is 3. The van der Waals surface area contributed by atoms with Crippen LogP contribution in [-0.4, -0.2) is 66.6 Å². The molecule has 15 aromatic carbocycles. The second-order valence-electron chi connectivity index (χ2n) is 29.9. The van der Waals surface area contributed by atoms with Crippen molar-refractivity contribution in [1.29, 1.82) is 0 Å². The van der Waals surface area contributed by atoms with Crippen LogP contribution in [-0.2, 0) is 0 Å². The lowest BCUT2D eigenvalue weighted by atomic mass is 9.28. The van der Waals surface area contributed by atoms with Crippen molar-refractivity contribution in [3.63, 3.8) is 0 Å². The van der Waals surface area contributed by atoms with E-state index in [1.807, 2.05) is 0 Å². The van der Waals surface area contributed by atoms with Gasteiger partial charge in [-0.05, 0) is 158 Å². The van der Waals surface area contributed by atoms with Crippen molar-refractivity contribution >= 4 is 218 Å². The van der Waals surface area contributed by atoms with E-state index in [-0.39, 0.29) is 33.6 Å². The summed E-state index contributed by atoms with van der Waals surface area (Å²) < 4.78 is 0. The van der Waals surface area contributed by atoms with Gasteiger partial charge >= 0.3 is 0 Å². The number of nitrogens with zero attached hydrogens (tertiary/aromatic N) is 5. The van der Waals surface area contributed by atoms with Crippen molar-refractivity contribution in [2.45, 2.75) is 0 Å². The molecule has 0 unspecified atom stereocenters. The number of hydrogen-bond acceptors (Lipinski definition) is 6. The van der Waals surface area contributed by atoms with Crippen molar-refractivity contribution < 1.29 is 0 Å². The Morgan fingerprint density at radius 1 is 0.280 bits per heavy atom. The molecule has 0 saturated heterocycles. The summed E-state index contributed by atoms with van der Waals surface area (Å²) in [5.41, 5.74) is 46.2. The van der Waals surface area contributed by atoms with Gasteiger partial charge in [0.1, 0.15) is 0 Å². The minimum absolute atomic E-state index is 0.000135. The molecule has 11 aliphatic rings. The first-order valence-electron chi connectivity index (χ1n) is 36.1. The van der Waals surface area contributed by atoms with Gasteiger partial charge in [-0.1, -0.05) is 230 Å². The molecule has 100 heavy (non-hydrogen) atoms. The van der Waals surface area contributed by atoms with Gasteiger partial charge in [0.2, 0.25) is 20.1 Å². The fraction of sp³-hybridized carbons (Fsp3) is 0.0455. The molecule has 0 bridgehead atoms. The van der Waals surface area contributed by atoms with Crippen LogP contribution in [0.15, 0.2) is 267 Å². The van der Waals surface area contributed by atoms with Gasteiger partial charge in [0.05, 0.1) is 5.69 Å². The van der Waals surface area contributed by atoms with Gasteiger partial charge in [-0.25, -0.2) is 0 Å². The van der Waals surface area contributed by atoms with E-state index in [2.05, 4.69) is 297 Å². The smallest absolute Gasteiger partial charge is 0.252 e. The van der Waals surface area contributed by atoms with Gasteiger partial charge in [-0.3, -0.25) is 0 Å². The molecule has 0 aliphatic carbocycles. The summed E-state index contributed by atoms with van der Waals surface area (Å²) in [6, 6.07) is 103. The first-order valence-corrected chi connectivity index (χ1v) is 36.1. The highest BCUT2D eigenvalue weighted by molar-refractivity contribution is 7.05. The maximum Gasteiger partial charge on any atom is 0.252 e. The molecular formula is C88H54B6N6. The number of hydrogen-bond donors (Lipinski definition) is 1. The van der Waals surface area contributed by atoms with Gasteiger partial charge in [0.15, 0.2) is 7.28 Å². The lowest BCUT2D eigenvalue weighted by Crippen LogP contribution is -2.71. The number of anilines is 13. The van der Waals surface area contributed by atoms with Crippen LogP contribution < -0.4 is 101 Å². The Labute approximate surface area is 581 Å². The Morgan fingerprint density at radius 3 is 1.28 bits per heavy atom. The van der Waals surface area contributed by atoms with E-state index in [9.17, 15) is 0 Å². The van der Waals surface area contributed by atoms with Crippen LogP contribution in [0.4, 0.5) is 73.9 Å². The van der Waals surface area contributed by atoms with Crippen molar-refractivity contribution in [2.75, 3.05) is 55.6 Å². The van der Waals surface area contributed by atoms with E-state index in [1.165, 1.54) is 216 Å². The Morgan fingerprint density at radius 2 is 0.700 bits per heavy atom. The number of nitrogens with one attached hydrogen (secondary N) is 1. The number of rotatable bonds is 4. The lowest BCUT2D eigenvalue weighted by Gasteiger charge is -2.55. The van der Waals surface area contributed by atoms with Crippen LogP contribution in [0.2, 0.25) is 0 Å². The van der Waals surface area contributed by atoms with Gasteiger partial charge in [0.25, 0.3) is 13.4 Å². The molecule has 0 aromatic heterocycles. The van der Waals surface area contributed by atoms with E-state index >= 15 is 0 Å². The average molecular weight is 1260 g/mol. The predicted octanol–water partition coefficient (Wildman–Crippen LogP) is 10.3. The Kier molecular flexibility index (Phi) is 9.60. The fourth-order valence-electron chi connectivity index (χ4n) is 22.0. The third-order valence-corrected chi connectivity index (χ3v) is 25.6. The summed E-state index contributed by atoms with van der Waals surface area (Å²) in [6.45, 7) is 0.246. The SMILES string of the molecule is B1CN2c3ccccc3B3c4cc(-c5ccccc5)ccc4N4c5ccc(-c6ccccc6)cc5B5CN6CB7c8ccccc8N8CB9c%10cc(-c%11ccccc%11)ccc%10N%10c%11ccc(-c%12ccccc%12)cc%11B%11c%12ccccc%12Nc%12c%11c%10c9c9c8c7c7c6c6c5c4c3c2c6c1c7c%129. The maximum atomic E-state index is 4.51. The van der Waals surface area contributed by atoms with Gasteiger partial charge < -0.3 is 29.8 Å². The van der Waals surface area contributed by atoms with Crippen molar-refractivity contribution in [3.8, 4) is 44.5 Å². The third kappa shape index (κ3) is 6.19. The van der Waals surface area contributed by atoms with E-state index < -0.39 is 0 Å². The molecule has 0 atom stereocenters. The van der Waals surface area contributed by atoms with Crippen molar-refractivity contribution in [3.05, 3.63) is 267 Å². The average Bonchev–Trinajstić information content (AvgIpc) is 0.641. The first kappa shape index (κ1) is 52.4. The molecule has 11 aliphatic heterocycles. The lowest BCUT2D eigenvalue weighted by molar-refractivity contribution is 1.03.